The Labute approximate surface area is 190 Å². The molecule has 3 rings (SSSR count). The normalized spacial score (nSPS) is 40.4. The molecule has 0 bridgehead atoms. The molecule has 7 atom stereocenters. The van der Waals surface area contributed by atoms with Gasteiger partial charge in [-0.05, 0) is 93.1 Å². The molecule has 0 aromatic carbocycles. The Morgan fingerprint density at radius 3 is 2.61 bits per heavy atom. The summed E-state index contributed by atoms with van der Waals surface area (Å²) in [5, 5.41) is 30.7. The highest BCUT2D eigenvalue weighted by Gasteiger charge is 2.50. The molecule has 3 nitrogen and oxygen atoms in total. The van der Waals surface area contributed by atoms with Crippen molar-refractivity contribution in [1.29, 1.82) is 0 Å². The summed E-state index contributed by atoms with van der Waals surface area (Å²) in [5.74, 6) is 1.94. The molecule has 0 aliphatic heterocycles. The minimum Gasteiger partial charge on any atom is -0.392 e. The third-order valence-electron chi connectivity index (χ3n) is 8.97. The molecular formula is C28H46O3. The van der Waals surface area contributed by atoms with E-state index in [4.69, 9.17) is 0 Å². The predicted octanol–water partition coefficient (Wildman–Crippen LogP) is 5.95. The highest BCUT2D eigenvalue weighted by atomic mass is 16.3. The van der Waals surface area contributed by atoms with Gasteiger partial charge in [0.25, 0.3) is 0 Å². The molecule has 3 N–H and O–H groups in total. The molecule has 3 unspecified atom stereocenters. The average molecular weight is 431 g/mol. The number of fused-ring (bicyclic) bond motifs is 1. The van der Waals surface area contributed by atoms with Gasteiger partial charge in [0.1, 0.15) is 0 Å². The number of hydrogen-bond donors (Lipinski definition) is 3. The molecule has 3 fully saturated rings. The summed E-state index contributed by atoms with van der Waals surface area (Å²) in [6.45, 7) is 14.8. The molecule has 3 saturated carbocycles. The fourth-order valence-corrected chi connectivity index (χ4v) is 6.91. The Kier molecular flexibility index (Phi) is 7.61. The van der Waals surface area contributed by atoms with Crippen LogP contribution >= 0.6 is 0 Å². The Balaban J connectivity index is 1.71. The van der Waals surface area contributed by atoms with Crippen LogP contribution < -0.4 is 0 Å². The molecule has 0 radical (unpaired) electrons. The van der Waals surface area contributed by atoms with Crippen molar-refractivity contribution >= 4 is 0 Å². The van der Waals surface area contributed by atoms with Crippen LogP contribution in [0, 0.1) is 29.1 Å². The fourth-order valence-electron chi connectivity index (χ4n) is 6.91. The third-order valence-corrected chi connectivity index (χ3v) is 8.97. The first-order chi connectivity index (χ1) is 14.4. The van der Waals surface area contributed by atoms with Gasteiger partial charge in [0.15, 0.2) is 0 Å². The van der Waals surface area contributed by atoms with Crippen LogP contribution in [-0.4, -0.2) is 33.1 Å². The minimum atomic E-state index is -0.648. The van der Waals surface area contributed by atoms with E-state index in [9.17, 15) is 15.3 Å². The fraction of sp³-hybridized carbons (Fsp3) is 0.786. The Morgan fingerprint density at radius 1 is 1.23 bits per heavy atom. The Morgan fingerprint density at radius 2 is 1.94 bits per heavy atom. The molecule has 0 amide bonds. The maximum absolute atomic E-state index is 10.4. The topological polar surface area (TPSA) is 60.7 Å². The molecule has 0 aromatic heterocycles. The molecular weight excluding hydrogens is 384 g/mol. The van der Waals surface area contributed by atoms with E-state index < -0.39 is 17.8 Å². The second kappa shape index (κ2) is 9.53. The van der Waals surface area contributed by atoms with Crippen LogP contribution in [0.2, 0.25) is 0 Å². The zero-order chi connectivity index (χ0) is 23.0. The van der Waals surface area contributed by atoms with Gasteiger partial charge in [-0.2, -0.15) is 0 Å². The van der Waals surface area contributed by atoms with Gasteiger partial charge in [0.2, 0.25) is 0 Å². The summed E-state index contributed by atoms with van der Waals surface area (Å²) in [6.07, 6.45) is 13.4. The Bertz CT molecular complexity index is 712. The second-order valence-electron chi connectivity index (χ2n) is 11.8. The summed E-state index contributed by atoms with van der Waals surface area (Å²) in [6, 6.07) is 0. The van der Waals surface area contributed by atoms with E-state index in [1.807, 2.05) is 20.8 Å². The lowest BCUT2D eigenvalue weighted by atomic mass is 9.60. The number of allylic oxidation sites excluding steroid dienone is 3. The van der Waals surface area contributed by atoms with Crippen LogP contribution in [0.15, 0.2) is 35.5 Å². The van der Waals surface area contributed by atoms with Crippen molar-refractivity contribution in [3.8, 4) is 0 Å². The summed E-state index contributed by atoms with van der Waals surface area (Å²) in [5.41, 5.74) is 3.15. The van der Waals surface area contributed by atoms with E-state index in [2.05, 4.69) is 32.6 Å². The van der Waals surface area contributed by atoms with Gasteiger partial charge < -0.3 is 15.3 Å². The summed E-state index contributed by atoms with van der Waals surface area (Å²) in [4.78, 5) is 0. The zero-order valence-corrected chi connectivity index (χ0v) is 20.5. The van der Waals surface area contributed by atoms with E-state index in [1.54, 1.807) is 5.57 Å². The van der Waals surface area contributed by atoms with Gasteiger partial charge in [-0.3, -0.25) is 0 Å². The van der Waals surface area contributed by atoms with E-state index in [0.717, 1.165) is 36.3 Å². The van der Waals surface area contributed by atoms with Gasteiger partial charge in [-0.15, -0.1) is 0 Å². The van der Waals surface area contributed by atoms with Crippen molar-refractivity contribution in [2.75, 3.05) is 0 Å². The highest BCUT2D eigenvalue weighted by Crippen LogP contribution is 2.60. The third kappa shape index (κ3) is 5.37. The predicted molar refractivity (Wildman–Crippen MR) is 129 cm³/mol. The first-order valence-corrected chi connectivity index (χ1v) is 12.6. The van der Waals surface area contributed by atoms with E-state index >= 15 is 0 Å². The molecule has 31 heavy (non-hydrogen) atoms. The molecule has 0 heterocycles. The van der Waals surface area contributed by atoms with E-state index in [-0.39, 0.29) is 5.92 Å². The lowest BCUT2D eigenvalue weighted by Crippen LogP contribution is -2.36. The maximum atomic E-state index is 10.4. The monoisotopic (exact) mass is 430 g/mol. The molecule has 0 saturated heterocycles. The lowest BCUT2D eigenvalue weighted by molar-refractivity contribution is 0.0283. The van der Waals surface area contributed by atoms with Crippen molar-refractivity contribution in [2.24, 2.45) is 29.1 Å². The van der Waals surface area contributed by atoms with Crippen LogP contribution in [0.4, 0.5) is 0 Å². The first kappa shape index (κ1) is 24.7. The molecule has 0 spiro atoms. The number of hydrogen-bond acceptors (Lipinski definition) is 3. The molecule has 3 aliphatic rings. The maximum Gasteiger partial charge on any atom is 0.0837 e. The second-order valence-corrected chi connectivity index (χ2v) is 11.8. The van der Waals surface area contributed by atoms with Gasteiger partial charge in [0, 0.05) is 5.92 Å². The van der Waals surface area contributed by atoms with Crippen LogP contribution in [0.1, 0.15) is 92.4 Å². The number of aliphatic hydroxyl groups is 3. The van der Waals surface area contributed by atoms with Crippen LogP contribution in [0.5, 0.6) is 0 Å². The Hall–Kier alpha value is -0.900. The van der Waals surface area contributed by atoms with Gasteiger partial charge in [0.05, 0.1) is 17.8 Å². The smallest absolute Gasteiger partial charge is 0.0837 e. The van der Waals surface area contributed by atoms with Crippen molar-refractivity contribution in [2.45, 2.75) is 110 Å². The van der Waals surface area contributed by atoms with Gasteiger partial charge in [-0.25, -0.2) is 0 Å². The standard InChI is InChI=1S/C28H46O3/c1-18(9-7-15-27(4,5)31)23-13-14-24-21(10-8-16-28(23,24)6)11-12-22-17-25(29)20(3)26(30)19(22)2/h11-12,18,20,23-26,29-31H,2,7-10,13-17H2,1,3-6H3/t18-,20+,23?,24?,25-,26+,28?/m0/s1. The molecule has 0 aromatic rings. The summed E-state index contributed by atoms with van der Waals surface area (Å²) < 4.78 is 0. The van der Waals surface area contributed by atoms with Crippen LogP contribution in [-0.2, 0) is 0 Å². The van der Waals surface area contributed by atoms with E-state index in [0.29, 0.717) is 23.7 Å². The van der Waals surface area contributed by atoms with Gasteiger partial charge >= 0.3 is 0 Å². The van der Waals surface area contributed by atoms with Crippen molar-refractivity contribution in [3.63, 3.8) is 0 Å². The van der Waals surface area contributed by atoms with E-state index in [1.165, 1.54) is 32.1 Å². The zero-order valence-electron chi connectivity index (χ0n) is 20.5. The summed E-state index contributed by atoms with van der Waals surface area (Å²) in [7, 11) is 0. The van der Waals surface area contributed by atoms with Crippen LogP contribution in [0.25, 0.3) is 0 Å². The van der Waals surface area contributed by atoms with Crippen molar-refractivity contribution in [1.82, 2.24) is 0 Å². The van der Waals surface area contributed by atoms with Crippen molar-refractivity contribution < 1.29 is 15.3 Å². The summed E-state index contributed by atoms with van der Waals surface area (Å²) >= 11 is 0. The molecule has 3 aliphatic carbocycles. The lowest BCUT2D eigenvalue weighted by Gasteiger charge is -2.44. The average Bonchev–Trinajstić information content (AvgIpc) is 3.04. The molecule has 3 heteroatoms. The molecule has 176 valence electrons. The van der Waals surface area contributed by atoms with Crippen molar-refractivity contribution in [3.05, 3.63) is 35.5 Å². The quantitative estimate of drug-likeness (QED) is 0.488. The van der Waals surface area contributed by atoms with Gasteiger partial charge in [-0.1, -0.05) is 57.9 Å². The number of aliphatic hydroxyl groups excluding tert-OH is 2. The first-order valence-electron chi connectivity index (χ1n) is 12.6. The SMILES string of the molecule is C=C1C(=CC=C2CCCC3(C)C2CCC3[C@@H](C)CCCC(C)(C)O)C[C@H](O)[C@@H](C)[C@@H]1O. The largest absolute Gasteiger partial charge is 0.392 e. The minimum absolute atomic E-state index is 0.149. The van der Waals surface area contributed by atoms with Crippen LogP contribution in [0.3, 0.4) is 0 Å². The highest BCUT2D eigenvalue weighted by molar-refractivity contribution is 5.39. The number of rotatable bonds is 6.